The van der Waals surface area contributed by atoms with Crippen LogP contribution in [0.3, 0.4) is 0 Å². The van der Waals surface area contributed by atoms with Gasteiger partial charge in [-0.05, 0) is 29.6 Å². The van der Waals surface area contributed by atoms with Crippen LogP contribution in [0.2, 0.25) is 0 Å². The highest BCUT2D eigenvalue weighted by Gasteiger charge is 2.14. The number of fused-ring (bicyclic) bond motifs is 1. The summed E-state index contributed by atoms with van der Waals surface area (Å²) in [6, 6.07) is 9.80. The zero-order chi connectivity index (χ0) is 20.3. The Morgan fingerprint density at radius 3 is 2.93 bits per heavy atom. The number of benzene rings is 1. The van der Waals surface area contributed by atoms with E-state index < -0.39 is 0 Å². The molecule has 0 spiro atoms. The van der Waals surface area contributed by atoms with Gasteiger partial charge in [0.25, 0.3) is 0 Å². The summed E-state index contributed by atoms with van der Waals surface area (Å²) >= 11 is 3.22. The molecular formula is C21H21N5O2S2. The average molecular weight is 440 g/mol. The second-order valence-corrected chi connectivity index (χ2v) is 8.96. The number of thiazole rings is 1. The number of imidazole rings is 1. The normalized spacial score (nSPS) is 14.9. The van der Waals surface area contributed by atoms with Gasteiger partial charge in [-0.25, -0.2) is 9.97 Å². The van der Waals surface area contributed by atoms with Crippen molar-refractivity contribution in [1.29, 1.82) is 0 Å². The fraction of sp³-hybridized carbons (Fsp3) is 0.286. The van der Waals surface area contributed by atoms with Crippen molar-refractivity contribution in [2.45, 2.75) is 13.0 Å². The van der Waals surface area contributed by atoms with Gasteiger partial charge >= 0.3 is 0 Å². The molecule has 30 heavy (non-hydrogen) atoms. The number of nitrogens with zero attached hydrogens (tertiary/aromatic N) is 3. The van der Waals surface area contributed by atoms with Gasteiger partial charge in [-0.15, -0.1) is 22.7 Å². The van der Waals surface area contributed by atoms with E-state index in [-0.39, 0.29) is 12.3 Å². The number of amides is 1. The Kier molecular flexibility index (Phi) is 5.58. The molecule has 1 aromatic carbocycles. The van der Waals surface area contributed by atoms with Crippen molar-refractivity contribution in [3.8, 4) is 9.88 Å². The quantitative estimate of drug-likeness (QED) is 0.478. The molecule has 1 fully saturated rings. The molecule has 0 bridgehead atoms. The summed E-state index contributed by atoms with van der Waals surface area (Å²) in [4.78, 5) is 28.6. The van der Waals surface area contributed by atoms with Crippen LogP contribution >= 0.6 is 22.7 Å². The van der Waals surface area contributed by atoms with Crippen molar-refractivity contribution in [1.82, 2.24) is 19.9 Å². The maximum absolute atomic E-state index is 12.5. The van der Waals surface area contributed by atoms with E-state index in [1.807, 2.05) is 41.1 Å². The molecule has 3 aromatic heterocycles. The Labute approximate surface area is 181 Å². The summed E-state index contributed by atoms with van der Waals surface area (Å²) in [6.07, 6.45) is 0.255. The van der Waals surface area contributed by atoms with E-state index in [9.17, 15) is 4.79 Å². The topological polar surface area (TPSA) is 83.1 Å². The lowest BCUT2D eigenvalue weighted by atomic mass is 10.2. The van der Waals surface area contributed by atoms with Crippen molar-refractivity contribution in [2.75, 3.05) is 31.6 Å². The number of ether oxygens (including phenoxy) is 1. The maximum Gasteiger partial charge on any atom is 0.230 e. The molecular weight excluding hydrogens is 418 g/mol. The van der Waals surface area contributed by atoms with Crippen LogP contribution in [-0.2, 0) is 22.5 Å². The van der Waals surface area contributed by atoms with Crippen LogP contribution in [0.25, 0.3) is 20.9 Å². The van der Waals surface area contributed by atoms with Crippen LogP contribution < -0.4 is 5.32 Å². The highest BCUT2D eigenvalue weighted by Crippen LogP contribution is 2.28. The first-order valence-corrected chi connectivity index (χ1v) is 11.6. The molecule has 0 saturated carbocycles. The number of nitrogens with one attached hydrogen (secondary N) is 2. The molecule has 4 aromatic rings. The number of carbonyl (C=O) groups is 1. The lowest BCUT2D eigenvalue weighted by molar-refractivity contribution is -0.115. The summed E-state index contributed by atoms with van der Waals surface area (Å²) in [5, 5.41) is 7.91. The molecule has 1 amide bonds. The van der Waals surface area contributed by atoms with Crippen molar-refractivity contribution >= 4 is 45.3 Å². The summed E-state index contributed by atoms with van der Waals surface area (Å²) in [6.45, 7) is 4.15. The lowest BCUT2D eigenvalue weighted by Gasteiger charge is -2.25. The summed E-state index contributed by atoms with van der Waals surface area (Å²) in [7, 11) is 0. The van der Waals surface area contributed by atoms with Gasteiger partial charge in [0.15, 0.2) is 0 Å². The smallest absolute Gasteiger partial charge is 0.230 e. The van der Waals surface area contributed by atoms with Gasteiger partial charge < -0.3 is 15.0 Å². The van der Waals surface area contributed by atoms with E-state index in [0.29, 0.717) is 0 Å². The van der Waals surface area contributed by atoms with Gasteiger partial charge in [0, 0.05) is 24.2 Å². The summed E-state index contributed by atoms with van der Waals surface area (Å²) < 4.78 is 5.40. The molecule has 2 N–H and O–H groups in total. The van der Waals surface area contributed by atoms with Crippen molar-refractivity contribution in [3.63, 3.8) is 0 Å². The van der Waals surface area contributed by atoms with Gasteiger partial charge in [0.2, 0.25) is 5.91 Å². The van der Waals surface area contributed by atoms with Gasteiger partial charge in [-0.3, -0.25) is 9.69 Å². The number of hydrogen-bond acceptors (Lipinski definition) is 7. The number of thiophene rings is 1. The zero-order valence-corrected chi connectivity index (χ0v) is 17.9. The van der Waals surface area contributed by atoms with Crippen molar-refractivity contribution in [2.24, 2.45) is 0 Å². The molecule has 4 heterocycles. The Hall–Kier alpha value is -2.59. The van der Waals surface area contributed by atoms with Crippen molar-refractivity contribution < 1.29 is 9.53 Å². The monoisotopic (exact) mass is 439 g/mol. The van der Waals surface area contributed by atoms with E-state index >= 15 is 0 Å². The van der Waals surface area contributed by atoms with Crippen LogP contribution in [0.5, 0.6) is 0 Å². The molecule has 9 heteroatoms. The van der Waals surface area contributed by atoms with Crippen molar-refractivity contribution in [3.05, 3.63) is 52.6 Å². The molecule has 0 atom stereocenters. The van der Waals surface area contributed by atoms with Gasteiger partial charge in [-0.2, -0.15) is 0 Å². The van der Waals surface area contributed by atoms with Gasteiger partial charge in [-0.1, -0.05) is 6.07 Å². The fourth-order valence-electron chi connectivity index (χ4n) is 3.46. The Bertz CT molecular complexity index is 1150. The first-order chi connectivity index (χ1) is 14.7. The molecule has 0 unspecified atom stereocenters. The number of anilines is 1. The van der Waals surface area contributed by atoms with E-state index in [0.717, 1.165) is 71.0 Å². The minimum Gasteiger partial charge on any atom is -0.379 e. The predicted molar refractivity (Wildman–Crippen MR) is 120 cm³/mol. The fourth-order valence-corrected chi connectivity index (χ4v) is 5.09. The Morgan fingerprint density at radius 2 is 2.10 bits per heavy atom. The van der Waals surface area contributed by atoms with Crippen LogP contribution in [-0.4, -0.2) is 52.1 Å². The third-order valence-electron chi connectivity index (χ3n) is 4.92. The number of carbonyl (C=O) groups excluding carboxylic acids is 1. The molecule has 5 rings (SSSR count). The van der Waals surface area contributed by atoms with Crippen LogP contribution in [0.15, 0.2) is 41.1 Å². The minimum absolute atomic E-state index is 0.0783. The van der Waals surface area contributed by atoms with Crippen LogP contribution in [0.1, 0.15) is 11.5 Å². The summed E-state index contributed by atoms with van der Waals surface area (Å²) in [5.74, 6) is 0.851. The molecule has 1 aliphatic heterocycles. The van der Waals surface area contributed by atoms with Crippen LogP contribution in [0.4, 0.5) is 5.69 Å². The average Bonchev–Trinajstić information content (AvgIpc) is 3.49. The standard InChI is InChI=1S/C21H21N5O2S2/c27-20(11-15-13-30-21(23-15)18-2-1-9-29-18)22-14-3-4-16-17(10-14)25-19(24-16)12-26-5-7-28-8-6-26/h1-4,9-10,13H,5-8,11-12H2,(H,22,27)(H,24,25). The Balaban J connectivity index is 1.23. The Morgan fingerprint density at radius 1 is 1.20 bits per heavy atom. The molecule has 1 saturated heterocycles. The second-order valence-electron chi connectivity index (χ2n) is 7.15. The number of rotatable bonds is 6. The van der Waals surface area contributed by atoms with E-state index in [2.05, 4.69) is 25.2 Å². The van der Waals surface area contributed by atoms with E-state index in [1.54, 1.807) is 22.7 Å². The highest BCUT2D eigenvalue weighted by molar-refractivity contribution is 7.20. The lowest BCUT2D eigenvalue weighted by Crippen LogP contribution is -2.35. The predicted octanol–water partition coefficient (Wildman–Crippen LogP) is 3.76. The minimum atomic E-state index is -0.0783. The SMILES string of the molecule is O=C(Cc1csc(-c2cccs2)n1)Nc1ccc2nc(CN3CCOCC3)[nH]c2c1. The molecule has 0 radical (unpaired) electrons. The summed E-state index contributed by atoms with van der Waals surface area (Å²) in [5.41, 5.74) is 3.36. The second kappa shape index (κ2) is 8.65. The van der Waals surface area contributed by atoms with E-state index in [1.165, 1.54) is 0 Å². The van der Waals surface area contributed by atoms with Gasteiger partial charge in [0.05, 0.1) is 47.8 Å². The number of H-pyrrole nitrogens is 1. The third kappa shape index (κ3) is 4.44. The molecule has 154 valence electrons. The van der Waals surface area contributed by atoms with E-state index in [4.69, 9.17) is 4.74 Å². The molecule has 7 nitrogen and oxygen atoms in total. The van der Waals surface area contributed by atoms with Crippen LogP contribution in [0, 0.1) is 0 Å². The number of aromatic nitrogens is 3. The maximum atomic E-state index is 12.5. The van der Waals surface area contributed by atoms with Gasteiger partial charge in [0.1, 0.15) is 10.8 Å². The third-order valence-corrected chi connectivity index (χ3v) is 6.85. The number of morpholine rings is 1. The molecule has 0 aliphatic carbocycles. The number of aromatic amines is 1. The molecule has 1 aliphatic rings. The first kappa shape index (κ1) is 19.4. The highest BCUT2D eigenvalue weighted by atomic mass is 32.1. The first-order valence-electron chi connectivity index (χ1n) is 9.80. The number of hydrogen-bond donors (Lipinski definition) is 2. The largest absolute Gasteiger partial charge is 0.379 e. The zero-order valence-electron chi connectivity index (χ0n) is 16.3.